The number of anilines is 1. The van der Waals surface area contributed by atoms with Crippen molar-refractivity contribution in [2.24, 2.45) is 0 Å². The van der Waals surface area contributed by atoms with Crippen LogP contribution >= 0.6 is 0 Å². The zero-order valence-electron chi connectivity index (χ0n) is 11.7. The molecule has 0 spiro atoms. The van der Waals surface area contributed by atoms with E-state index in [0.29, 0.717) is 5.69 Å². The van der Waals surface area contributed by atoms with Crippen LogP contribution in [0, 0.1) is 6.92 Å². The maximum Gasteiger partial charge on any atom is 0.232 e. The minimum absolute atomic E-state index is 0.196. The number of carbonyl (C=O) groups is 1. The van der Waals surface area contributed by atoms with Crippen LogP contribution in [0.2, 0.25) is 0 Å². The quantitative estimate of drug-likeness (QED) is 0.833. The fourth-order valence-corrected chi connectivity index (χ4v) is 2.86. The van der Waals surface area contributed by atoms with Gasteiger partial charge in [-0.05, 0) is 30.2 Å². The summed E-state index contributed by atoms with van der Waals surface area (Å²) in [5.41, 5.74) is 2.30. The molecule has 0 aromatic heterocycles. The zero-order valence-corrected chi connectivity index (χ0v) is 12.5. The Morgan fingerprint density at radius 3 is 2.29 bits per heavy atom. The molecule has 1 N–H and O–H groups in total. The summed E-state index contributed by atoms with van der Waals surface area (Å²) in [5.74, 6) is -1.21. The van der Waals surface area contributed by atoms with Crippen LogP contribution in [-0.4, -0.2) is 20.1 Å². The Balaban J connectivity index is 2.28. The summed E-state index contributed by atoms with van der Waals surface area (Å²) >= 11 is 0. The Morgan fingerprint density at radius 1 is 1.05 bits per heavy atom. The smallest absolute Gasteiger partial charge is 0.232 e. The van der Waals surface area contributed by atoms with Crippen LogP contribution < -0.4 is 5.32 Å². The summed E-state index contributed by atoms with van der Waals surface area (Å²) in [5, 5.41) is 2.77. The van der Waals surface area contributed by atoms with E-state index in [9.17, 15) is 13.2 Å². The molecule has 1 amide bonds. The summed E-state index contributed by atoms with van der Waals surface area (Å²) < 4.78 is 22.2. The lowest BCUT2D eigenvalue weighted by molar-refractivity contribution is -0.117. The van der Waals surface area contributed by atoms with Gasteiger partial charge < -0.3 is 5.32 Å². The van der Waals surface area contributed by atoms with Crippen LogP contribution in [0.25, 0.3) is 0 Å². The largest absolute Gasteiger partial charge is 0.326 e. The third-order valence-corrected chi connectivity index (χ3v) is 3.92. The molecule has 0 fully saturated rings. The van der Waals surface area contributed by atoms with Gasteiger partial charge in [-0.25, -0.2) is 8.42 Å². The minimum Gasteiger partial charge on any atom is -0.326 e. The molecule has 1 unspecified atom stereocenters. The molecule has 21 heavy (non-hydrogen) atoms. The van der Waals surface area contributed by atoms with Gasteiger partial charge in [-0.1, -0.05) is 42.5 Å². The van der Waals surface area contributed by atoms with Crippen molar-refractivity contribution in [1.82, 2.24) is 0 Å². The van der Waals surface area contributed by atoms with Gasteiger partial charge in [0, 0.05) is 5.69 Å². The van der Waals surface area contributed by atoms with Crippen LogP contribution in [0.4, 0.5) is 5.69 Å². The van der Waals surface area contributed by atoms with Gasteiger partial charge in [0.15, 0.2) is 0 Å². The second-order valence-electron chi connectivity index (χ2n) is 4.78. The van der Waals surface area contributed by atoms with Gasteiger partial charge in [0.1, 0.15) is 10.7 Å². The number of hydrogen-bond donors (Lipinski definition) is 2. The lowest BCUT2D eigenvalue weighted by atomic mass is 9.95. The Hall–Kier alpha value is -2.14. The van der Waals surface area contributed by atoms with E-state index in [0.717, 1.165) is 11.1 Å². The van der Waals surface area contributed by atoms with Crippen molar-refractivity contribution in [3.63, 3.8) is 0 Å². The standard InChI is InChI=1S/C16H17NO3S/c1-12-7-5-6-10-14(12)15(11-21(19)20)16(18)17-13-8-3-2-4-9-13/h2-10,15,21H,11H2,1H3,(H,17,18). The average molecular weight is 303 g/mol. The van der Waals surface area contributed by atoms with Crippen molar-refractivity contribution in [3.05, 3.63) is 65.7 Å². The van der Waals surface area contributed by atoms with E-state index in [2.05, 4.69) is 5.32 Å². The zero-order chi connectivity index (χ0) is 15.2. The molecule has 2 aromatic carbocycles. The van der Waals surface area contributed by atoms with E-state index >= 15 is 0 Å². The SMILES string of the molecule is Cc1ccccc1C(C[SH](=O)=O)C(=O)Nc1ccccc1. The van der Waals surface area contributed by atoms with Gasteiger partial charge in [-0.2, -0.15) is 0 Å². The van der Waals surface area contributed by atoms with E-state index in [-0.39, 0.29) is 11.7 Å². The van der Waals surface area contributed by atoms with E-state index in [1.807, 2.05) is 43.3 Å². The van der Waals surface area contributed by atoms with E-state index in [1.54, 1.807) is 18.2 Å². The van der Waals surface area contributed by atoms with E-state index in [1.165, 1.54) is 0 Å². The van der Waals surface area contributed by atoms with Gasteiger partial charge in [-0.3, -0.25) is 4.79 Å². The van der Waals surface area contributed by atoms with Crippen LogP contribution in [0.1, 0.15) is 17.0 Å². The van der Waals surface area contributed by atoms with Crippen molar-refractivity contribution in [3.8, 4) is 0 Å². The number of aryl methyl sites for hydroxylation is 1. The molecular weight excluding hydrogens is 286 g/mol. The molecule has 2 aromatic rings. The summed E-state index contributed by atoms with van der Waals surface area (Å²) in [6, 6.07) is 16.3. The first kappa shape index (κ1) is 15.3. The lowest BCUT2D eigenvalue weighted by Crippen LogP contribution is -2.25. The van der Waals surface area contributed by atoms with Crippen molar-refractivity contribution in [2.45, 2.75) is 12.8 Å². The third-order valence-electron chi connectivity index (χ3n) is 3.25. The maximum atomic E-state index is 12.4. The topological polar surface area (TPSA) is 63.2 Å². The summed E-state index contributed by atoms with van der Waals surface area (Å²) in [4.78, 5) is 12.4. The number of para-hydroxylation sites is 1. The summed E-state index contributed by atoms with van der Waals surface area (Å²) in [6.45, 7) is 1.87. The number of amides is 1. The van der Waals surface area contributed by atoms with Crippen LogP contribution in [0.15, 0.2) is 54.6 Å². The van der Waals surface area contributed by atoms with Crippen LogP contribution in [0.5, 0.6) is 0 Å². The number of nitrogens with one attached hydrogen (secondary N) is 1. The van der Waals surface area contributed by atoms with Crippen LogP contribution in [0.3, 0.4) is 0 Å². The highest BCUT2D eigenvalue weighted by atomic mass is 32.2. The van der Waals surface area contributed by atoms with Gasteiger partial charge >= 0.3 is 0 Å². The predicted molar refractivity (Wildman–Crippen MR) is 84.2 cm³/mol. The van der Waals surface area contributed by atoms with Crippen molar-refractivity contribution >= 4 is 22.3 Å². The molecule has 0 saturated heterocycles. The molecule has 0 aliphatic heterocycles. The van der Waals surface area contributed by atoms with Crippen molar-refractivity contribution in [1.29, 1.82) is 0 Å². The van der Waals surface area contributed by atoms with E-state index < -0.39 is 16.6 Å². The molecule has 0 radical (unpaired) electrons. The monoisotopic (exact) mass is 303 g/mol. The average Bonchev–Trinajstić information content (AvgIpc) is 2.46. The first-order chi connectivity index (χ1) is 10.1. The third kappa shape index (κ3) is 4.16. The van der Waals surface area contributed by atoms with Gasteiger partial charge in [0.2, 0.25) is 5.91 Å². The van der Waals surface area contributed by atoms with E-state index in [4.69, 9.17) is 0 Å². The number of hydrogen-bond acceptors (Lipinski definition) is 3. The number of rotatable bonds is 5. The van der Waals surface area contributed by atoms with Crippen molar-refractivity contribution in [2.75, 3.05) is 11.1 Å². The highest BCUT2D eigenvalue weighted by Crippen LogP contribution is 2.22. The Labute approximate surface area is 125 Å². The number of benzene rings is 2. The Bertz CT molecular complexity index is 688. The fourth-order valence-electron chi connectivity index (χ4n) is 2.20. The molecule has 2 rings (SSSR count). The fraction of sp³-hybridized carbons (Fsp3) is 0.188. The Morgan fingerprint density at radius 2 is 1.67 bits per heavy atom. The van der Waals surface area contributed by atoms with Crippen LogP contribution in [-0.2, 0) is 15.5 Å². The number of carbonyl (C=O) groups excluding carboxylic acids is 1. The molecule has 1 atom stereocenters. The van der Waals surface area contributed by atoms with Gasteiger partial charge in [0.05, 0.1) is 11.7 Å². The molecule has 4 nitrogen and oxygen atoms in total. The molecule has 5 heteroatoms. The normalized spacial score (nSPS) is 12.1. The predicted octanol–water partition coefficient (Wildman–Crippen LogP) is 2.33. The van der Waals surface area contributed by atoms with Gasteiger partial charge in [0.25, 0.3) is 0 Å². The van der Waals surface area contributed by atoms with Gasteiger partial charge in [-0.15, -0.1) is 0 Å². The maximum absolute atomic E-state index is 12.4. The lowest BCUT2D eigenvalue weighted by Gasteiger charge is -2.17. The minimum atomic E-state index is -2.64. The Kier molecular flexibility index (Phi) is 5.11. The van der Waals surface area contributed by atoms with Crippen molar-refractivity contribution < 1.29 is 13.2 Å². The molecule has 0 saturated carbocycles. The molecule has 0 aliphatic carbocycles. The second-order valence-corrected chi connectivity index (χ2v) is 5.81. The molecule has 0 aliphatic rings. The first-order valence-electron chi connectivity index (χ1n) is 6.61. The first-order valence-corrected chi connectivity index (χ1v) is 7.97. The second kappa shape index (κ2) is 7.04. The molecular formula is C16H17NO3S. The summed E-state index contributed by atoms with van der Waals surface area (Å²) in [6.07, 6.45) is 0. The molecule has 0 heterocycles. The highest BCUT2D eigenvalue weighted by Gasteiger charge is 2.23. The molecule has 110 valence electrons. The number of thiol groups is 1. The highest BCUT2D eigenvalue weighted by molar-refractivity contribution is 7.72. The summed E-state index contributed by atoms with van der Waals surface area (Å²) in [7, 11) is -2.64. The molecule has 0 bridgehead atoms.